The van der Waals surface area contributed by atoms with Gasteiger partial charge in [-0.3, -0.25) is 9.59 Å². The number of hydrogen-bond donors (Lipinski definition) is 1. The predicted molar refractivity (Wildman–Crippen MR) is 104 cm³/mol. The third-order valence-corrected chi connectivity index (χ3v) is 6.54. The number of piperidine rings is 1. The average Bonchev–Trinajstić information content (AvgIpc) is 3.09. The minimum absolute atomic E-state index is 0.00164. The molecular weight excluding hydrogens is 340 g/mol. The summed E-state index contributed by atoms with van der Waals surface area (Å²) in [6.07, 6.45) is 10.8. The van der Waals surface area contributed by atoms with Gasteiger partial charge in [0.1, 0.15) is 5.69 Å². The number of nitrogens with zero attached hydrogens (tertiary/aromatic N) is 3. The van der Waals surface area contributed by atoms with Crippen LogP contribution < -0.4 is 5.32 Å². The Morgan fingerprint density at radius 2 is 1.70 bits per heavy atom. The normalized spacial score (nSPS) is 21.7. The third-order valence-electron chi connectivity index (χ3n) is 6.54. The van der Waals surface area contributed by atoms with Crippen LogP contribution in [0.2, 0.25) is 0 Å². The number of nitrogens with one attached hydrogen (secondary N) is 1. The van der Waals surface area contributed by atoms with Crippen LogP contribution in [0.25, 0.3) is 0 Å². The maximum atomic E-state index is 13.1. The summed E-state index contributed by atoms with van der Waals surface area (Å²) in [6.45, 7) is 4.63. The molecule has 2 aliphatic heterocycles. The van der Waals surface area contributed by atoms with Crippen molar-refractivity contribution in [2.75, 3.05) is 13.1 Å². The van der Waals surface area contributed by atoms with Crippen LogP contribution in [0.3, 0.4) is 0 Å². The van der Waals surface area contributed by atoms with Gasteiger partial charge in [-0.05, 0) is 50.9 Å². The van der Waals surface area contributed by atoms with E-state index in [4.69, 9.17) is 0 Å². The van der Waals surface area contributed by atoms with E-state index in [0.717, 1.165) is 70.3 Å². The second kappa shape index (κ2) is 8.03. The number of hydrogen-bond acceptors (Lipinski definition) is 3. The van der Waals surface area contributed by atoms with E-state index in [1.54, 1.807) is 0 Å². The van der Waals surface area contributed by atoms with Gasteiger partial charge in [0.15, 0.2) is 5.82 Å². The SMILES string of the molecule is CC1CCN(C(=O)c2nc(C(=O)NC3CCCCC3)c3n2CCCC3)CC1. The lowest BCUT2D eigenvalue weighted by atomic mass is 9.95. The average molecular weight is 373 g/mol. The molecule has 148 valence electrons. The van der Waals surface area contributed by atoms with Crippen molar-refractivity contribution < 1.29 is 9.59 Å². The molecule has 1 aliphatic carbocycles. The Kier molecular flexibility index (Phi) is 5.50. The van der Waals surface area contributed by atoms with Gasteiger partial charge in [0.05, 0.1) is 5.69 Å². The van der Waals surface area contributed by atoms with Crippen LogP contribution in [-0.4, -0.2) is 45.4 Å². The summed E-state index contributed by atoms with van der Waals surface area (Å²) in [5, 5.41) is 3.18. The van der Waals surface area contributed by atoms with Crippen molar-refractivity contribution in [2.45, 2.75) is 83.7 Å². The van der Waals surface area contributed by atoms with E-state index in [9.17, 15) is 9.59 Å². The highest BCUT2D eigenvalue weighted by molar-refractivity contribution is 5.97. The quantitative estimate of drug-likeness (QED) is 0.886. The van der Waals surface area contributed by atoms with Gasteiger partial charge in [0, 0.05) is 25.7 Å². The molecule has 3 heterocycles. The maximum absolute atomic E-state index is 13.1. The van der Waals surface area contributed by atoms with Crippen LogP contribution in [0.15, 0.2) is 0 Å². The van der Waals surface area contributed by atoms with Crippen LogP contribution in [0, 0.1) is 5.92 Å². The Hall–Kier alpha value is -1.85. The summed E-state index contributed by atoms with van der Waals surface area (Å²) in [6, 6.07) is 0.259. The zero-order chi connectivity index (χ0) is 18.8. The molecule has 0 aromatic carbocycles. The van der Waals surface area contributed by atoms with Crippen molar-refractivity contribution in [3.05, 3.63) is 17.2 Å². The predicted octanol–water partition coefficient (Wildman–Crippen LogP) is 3.15. The molecule has 2 fully saturated rings. The number of likely N-dealkylation sites (tertiary alicyclic amines) is 1. The number of amides is 2. The Bertz CT molecular complexity index is 697. The fourth-order valence-corrected chi connectivity index (χ4v) is 4.74. The smallest absolute Gasteiger partial charge is 0.289 e. The number of carbonyl (C=O) groups excluding carboxylic acids is 2. The van der Waals surface area contributed by atoms with Crippen LogP contribution in [0.5, 0.6) is 0 Å². The molecule has 0 radical (unpaired) electrons. The molecule has 3 aliphatic rings. The highest BCUT2D eigenvalue weighted by Gasteiger charge is 2.31. The third kappa shape index (κ3) is 3.90. The van der Waals surface area contributed by atoms with Gasteiger partial charge in [0.25, 0.3) is 11.8 Å². The van der Waals surface area contributed by atoms with E-state index in [0.29, 0.717) is 17.4 Å². The number of fused-ring (bicyclic) bond motifs is 1. The standard InChI is InChI=1S/C21H32N4O2/c1-15-10-13-24(14-11-15)21(27)19-23-18(17-9-5-6-12-25(17)19)20(26)22-16-7-3-2-4-8-16/h15-16H,2-14H2,1H3,(H,22,26). The highest BCUT2D eigenvalue weighted by atomic mass is 16.2. The van der Waals surface area contributed by atoms with Crippen LogP contribution in [0.1, 0.15) is 91.5 Å². The van der Waals surface area contributed by atoms with Crippen LogP contribution in [-0.2, 0) is 13.0 Å². The van der Waals surface area contributed by atoms with Gasteiger partial charge in [-0.25, -0.2) is 4.98 Å². The summed E-state index contributed by atoms with van der Waals surface area (Å²) >= 11 is 0. The molecule has 6 heteroatoms. The molecule has 0 unspecified atom stereocenters. The first-order valence-corrected chi connectivity index (χ1v) is 10.8. The van der Waals surface area contributed by atoms with Gasteiger partial charge in [-0.1, -0.05) is 26.2 Å². The van der Waals surface area contributed by atoms with Gasteiger partial charge in [0.2, 0.25) is 0 Å². The van der Waals surface area contributed by atoms with E-state index >= 15 is 0 Å². The minimum atomic E-state index is -0.0844. The molecule has 1 saturated carbocycles. The molecule has 1 aromatic rings. The van der Waals surface area contributed by atoms with Gasteiger partial charge in [-0.2, -0.15) is 0 Å². The summed E-state index contributed by atoms with van der Waals surface area (Å²) in [7, 11) is 0. The van der Waals surface area contributed by atoms with Crippen molar-refractivity contribution in [3.63, 3.8) is 0 Å². The Morgan fingerprint density at radius 1 is 0.963 bits per heavy atom. The molecule has 0 bridgehead atoms. The zero-order valence-corrected chi connectivity index (χ0v) is 16.5. The lowest BCUT2D eigenvalue weighted by molar-refractivity contribution is 0.0678. The minimum Gasteiger partial charge on any atom is -0.348 e. The summed E-state index contributed by atoms with van der Waals surface area (Å²) in [5.41, 5.74) is 1.46. The molecule has 27 heavy (non-hydrogen) atoms. The van der Waals surface area contributed by atoms with Gasteiger partial charge >= 0.3 is 0 Å². The van der Waals surface area contributed by atoms with E-state index in [1.807, 2.05) is 9.47 Å². The van der Waals surface area contributed by atoms with Crippen molar-refractivity contribution in [1.82, 2.24) is 19.8 Å². The molecule has 6 nitrogen and oxygen atoms in total. The van der Waals surface area contributed by atoms with Crippen molar-refractivity contribution >= 4 is 11.8 Å². The van der Waals surface area contributed by atoms with Gasteiger partial charge < -0.3 is 14.8 Å². The first-order valence-electron chi connectivity index (χ1n) is 10.8. The molecule has 1 saturated heterocycles. The lowest BCUT2D eigenvalue weighted by Gasteiger charge is -2.30. The Labute approximate surface area is 161 Å². The second-order valence-electron chi connectivity index (χ2n) is 8.62. The molecule has 1 N–H and O–H groups in total. The van der Waals surface area contributed by atoms with Crippen molar-refractivity contribution in [1.29, 1.82) is 0 Å². The Balaban J connectivity index is 1.55. The summed E-state index contributed by atoms with van der Waals surface area (Å²) in [4.78, 5) is 32.6. The first kappa shape index (κ1) is 18.5. The van der Waals surface area contributed by atoms with E-state index in [2.05, 4.69) is 17.2 Å². The first-order chi connectivity index (χ1) is 13.1. The summed E-state index contributed by atoms with van der Waals surface area (Å²) in [5.74, 6) is 1.08. The molecule has 0 atom stereocenters. The lowest BCUT2D eigenvalue weighted by Crippen LogP contribution is -2.39. The van der Waals surface area contributed by atoms with Crippen molar-refractivity contribution in [3.8, 4) is 0 Å². The molecule has 0 spiro atoms. The largest absolute Gasteiger partial charge is 0.348 e. The highest BCUT2D eigenvalue weighted by Crippen LogP contribution is 2.25. The number of rotatable bonds is 3. The second-order valence-corrected chi connectivity index (χ2v) is 8.62. The zero-order valence-electron chi connectivity index (χ0n) is 16.5. The van der Waals surface area contributed by atoms with E-state index in [-0.39, 0.29) is 17.9 Å². The topological polar surface area (TPSA) is 67.2 Å². The number of carbonyl (C=O) groups is 2. The fourth-order valence-electron chi connectivity index (χ4n) is 4.74. The molecule has 1 aromatic heterocycles. The monoisotopic (exact) mass is 372 g/mol. The molecular formula is C21H32N4O2. The molecule has 2 amide bonds. The fraction of sp³-hybridized carbons (Fsp3) is 0.762. The number of aromatic nitrogens is 2. The van der Waals surface area contributed by atoms with E-state index in [1.165, 1.54) is 19.3 Å². The Morgan fingerprint density at radius 3 is 2.44 bits per heavy atom. The van der Waals surface area contributed by atoms with Crippen molar-refractivity contribution in [2.24, 2.45) is 5.92 Å². The number of imidazole rings is 1. The molecule has 4 rings (SSSR count). The summed E-state index contributed by atoms with van der Waals surface area (Å²) < 4.78 is 2.03. The van der Waals surface area contributed by atoms with Crippen LogP contribution >= 0.6 is 0 Å². The van der Waals surface area contributed by atoms with E-state index < -0.39 is 0 Å². The van der Waals surface area contributed by atoms with Crippen LogP contribution in [0.4, 0.5) is 0 Å². The van der Waals surface area contributed by atoms with Gasteiger partial charge in [-0.15, -0.1) is 0 Å². The maximum Gasteiger partial charge on any atom is 0.289 e.